The van der Waals surface area contributed by atoms with Crippen LogP contribution in [0.3, 0.4) is 0 Å². The highest BCUT2D eigenvalue weighted by atomic mass is 79.9. The Hall–Kier alpha value is -1.66. The van der Waals surface area contributed by atoms with Crippen LogP contribution in [-0.4, -0.2) is 34.3 Å². The van der Waals surface area contributed by atoms with Gasteiger partial charge < -0.3 is 15.3 Å². The second kappa shape index (κ2) is 8.57. The molecular weight excluding hydrogens is 404 g/mol. The van der Waals surface area contributed by atoms with Gasteiger partial charge in [0.1, 0.15) is 5.82 Å². The third-order valence-electron chi connectivity index (χ3n) is 5.14. The Labute approximate surface area is 170 Å². The van der Waals surface area contributed by atoms with Crippen LogP contribution in [0, 0.1) is 5.92 Å². The van der Waals surface area contributed by atoms with E-state index in [0.29, 0.717) is 17.8 Å². The molecule has 0 saturated carbocycles. The number of hydrogen-bond acceptors (Lipinski definition) is 5. The quantitative estimate of drug-likeness (QED) is 0.709. The fourth-order valence-corrected chi connectivity index (χ4v) is 3.69. The predicted molar refractivity (Wildman–Crippen MR) is 114 cm³/mol. The van der Waals surface area contributed by atoms with Crippen molar-refractivity contribution in [3.8, 4) is 0 Å². The van der Waals surface area contributed by atoms with Gasteiger partial charge >= 0.3 is 0 Å². The second-order valence-corrected chi connectivity index (χ2v) is 8.81. The average Bonchev–Trinajstić information content (AvgIpc) is 2.65. The van der Waals surface area contributed by atoms with Crippen molar-refractivity contribution in [1.82, 2.24) is 9.97 Å². The Morgan fingerprint density at radius 1 is 1.15 bits per heavy atom. The Bertz CT molecular complexity index is 794. The van der Waals surface area contributed by atoms with Gasteiger partial charge in [0, 0.05) is 23.6 Å². The average molecular weight is 433 g/mol. The van der Waals surface area contributed by atoms with E-state index in [-0.39, 0.29) is 12.6 Å². The van der Waals surface area contributed by atoms with E-state index in [1.807, 2.05) is 0 Å². The number of hydrogen-bond donors (Lipinski definition) is 2. The van der Waals surface area contributed by atoms with E-state index in [1.165, 1.54) is 11.1 Å². The molecule has 0 bridgehead atoms. The number of halogens is 1. The van der Waals surface area contributed by atoms with Crippen molar-refractivity contribution >= 4 is 27.7 Å². The van der Waals surface area contributed by atoms with E-state index in [9.17, 15) is 5.11 Å². The topological polar surface area (TPSA) is 61.3 Å². The number of nitrogens with zero attached hydrogens (tertiary/aromatic N) is 3. The SMILES string of the molecule is CC(C)c1cc(N2CCc3cc(Br)ccc3C2)nc(N[C@@H](CO)C(C)C)n1. The molecule has 27 heavy (non-hydrogen) atoms. The lowest BCUT2D eigenvalue weighted by molar-refractivity contribution is 0.248. The minimum absolute atomic E-state index is 0.0558. The van der Waals surface area contributed by atoms with E-state index in [2.05, 4.69) is 83.1 Å². The zero-order valence-electron chi connectivity index (χ0n) is 16.5. The van der Waals surface area contributed by atoms with Gasteiger partial charge in [-0.15, -0.1) is 0 Å². The molecule has 1 aliphatic heterocycles. The molecule has 1 aliphatic rings. The number of rotatable bonds is 6. The predicted octanol–water partition coefficient (Wildman–Crippen LogP) is 4.35. The molecule has 6 heteroatoms. The molecule has 2 heterocycles. The molecule has 0 unspecified atom stereocenters. The summed E-state index contributed by atoms with van der Waals surface area (Å²) in [5, 5.41) is 13.0. The summed E-state index contributed by atoms with van der Waals surface area (Å²) in [6.07, 6.45) is 1.00. The maximum absolute atomic E-state index is 9.65. The van der Waals surface area contributed by atoms with E-state index >= 15 is 0 Å². The fourth-order valence-electron chi connectivity index (χ4n) is 3.28. The maximum Gasteiger partial charge on any atom is 0.225 e. The summed E-state index contributed by atoms with van der Waals surface area (Å²) >= 11 is 3.56. The molecule has 1 aromatic heterocycles. The van der Waals surface area contributed by atoms with E-state index < -0.39 is 0 Å². The van der Waals surface area contributed by atoms with Gasteiger partial charge in [-0.3, -0.25) is 0 Å². The van der Waals surface area contributed by atoms with Crippen LogP contribution in [-0.2, 0) is 13.0 Å². The molecule has 0 saturated heterocycles. The molecule has 146 valence electrons. The third kappa shape index (κ3) is 4.79. The standard InChI is InChI=1S/C21H29BrN4O/c1-13(2)18-10-20(25-21(23-18)24-19(12-27)14(3)4)26-8-7-15-9-17(22)6-5-16(15)11-26/h5-6,9-10,13-14,19,27H,7-8,11-12H2,1-4H3,(H,23,24,25)/t19-/m0/s1. The lowest BCUT2D eigenvalue weighted by Crippen LogP contribution is -2.33. The molecule has 0 aliphatic carbocycles. The Morgan fingerprint density at radius 3 is 2.59 bits per heavy atom. The molecule has 0 amide bonds. The van der Waals surface area contributed by atoms with E-state index in [1.54, 1.807) is 0 Å². The molecule has 1 aromatic carbocycles. The number of nitrogens with one attached hydrogen (secondary N) is 1. The minimum Gasteiger partial charge on any atom is -0.394 e. The van der Waals surface area contributed by atoms with Crippen LogP contribution in [0.1, 0.15) is 50.4 Å². The van der Waals surface area contributed by atoms with Gasteiger partial charge in [0.15, 0.2) is 0 Å². The van der Waals surface area contributed by atoms with Crippen molar-refractivity contribution in [3.05, 3.63) is 45.6 Å². The van der Waals surface area contributed by atoms with Gasteiger partial charge in [-0.05, 0) is 41.5 Å². The summed E-state index contributed by atoms with van der Waals surface area (Å²) < 4.78 is 1.13. The molecule has 3 rings (SSSR count). The van der Waals surface area contributed by atoms with E-state index in [0.717, 1.165) is 35.5 Å². The summed E-state index contributed by atoms with van der Waals surface area (Å²) in [7, 11) is 0. The van der Waals surface area contributed by atoms with Crippen molar-refractivity contribution in [1.29, 1.82) is 0 Å². The number of aliphatic hydroxyl groups excluding tert-OH is 1. The summed E-state index contributed by atoms with van der Waals surface area (Å²) in [6.45, 7) is 10.3. The first kappa shape index (κ1) is 20.1. The van der Waals surface area contributed by atoms with Crippen LogP contribution in [0.5, 0.6) is 0 Å². The van der Waals surface area contributed by atoms with Crippen LogP contribution < -0.4 is 10.2 Å². The number of anilines is 2. The smallest absolute Gasteiger partial charge is 0.225 e. The molecule has 0 radical (unpaired) electrons. The number of aliphatic hydroxyl groups is 1. The third-order valence-corrected chi connectivity index (χ3v) is 5.64. The lowest BCUT2D eigenvalue weighted by atomic mass is 10.00. The summed E-state index contributed by atoms with van der Waals surface area (Å²) in [6, 6.07) is 8.55. The molecular formula is C21H29BrN4O. The molecule has 5 nitrogen and oxygen atoms in total. The van der Waals surface area contributed by atoms with Crippen molar-refractivity contribution in [2.45, 2.75) is 52.6 Å². The first-order valence-electron chi connectivity index (χ1n) is 9.66. The van der Waals surface area contributed by atoms with Crippen molar-refractivity contribution in [2.75, 3.05) is 23.4 Å². The van der Waals surface area contributed by atoms with Gasteiger partial charge in [-0.25, -0.2) is 4.98 Å². The molecule has 2 N–H and O–H groups in total. The first-order chi connectivity index (χ1) is 12.9. The van der Waals surface area contributed by atoms with Gasteiger partial charge in [0.2, 0.25) is 5.95 Å². The minimum atomic E-state index is -0.0558. The molecule has 1 atom stereocenters. The second-order valence-electron chi connectivity index (χ2n) is 7.89. The van der Waals surface area contributed by atoms with Crippen LogP contribution in [0.2, 0.25) is 0 Å². The Kier molecular flexibility index (Phi) is 6.37. The first-order valence-corrected chi connectivity index (χ1v) is 10.4. The highest BCUT2D eigenvalue weighted by Gasteiger charge is 2.21. The Morgan fingerprint density at radius 2 is 1.93 bits per heavy atom. The lowest BCUT2D eigenvalue weighted by Gasteiger charge is -2.31. The highest BCUT2D eigenvalue weighted by Crippen LogP contribution is 2.28. The van der Waals surface area contributed by atoms with Gasteiger partial charge in [0.05, 0.1) is 18.3 Å². The maximum atomic E-state index is 9.65. The van der Waals surface area contributed by atoms with Crippen LogP contribution in [0.15, 0.2) is 28.7 Å². The molecule has 2 aromatic rings. The normalized spacial score (nSPS) is 15.2. The summed E-state index contributed by atoms with van der Waals surface area (Å²) in [5.41, 5.74) is 3.76. The van der Waals surface area contributed by atoms with Crippen molar-refractivity contribution in [2.24, 2.45) is 5.92 Å². The zero-order valence-corrected chi connectivity index (χ0v) is 18.1. The number of fused-ring (bicyclic) bond motifs is 1. The van der Waals surface area contributed by atoms with Gasteiger partial charge in [-0.2, -0.15) is 4.98 Å². The molecule has 0 spiro atoms. The van der Waals surface area contributed by atoms with Crippen molar-refractivity contribution in [3.63, 3.8) is 0 Å². The fraction of sp³-hybridized carbons (Fsp3) is 0.524. The van der Waals surface area contributed by atoms with Gasteiger partial charge in [-0.1, -0.05) is 49.7 Å². The van der Waals surface area contributed by atoms with Crippen molar-refractivity contribution < 1.29 is 5.11 Å². The monoisotopic (exact) mass is 432 g/mol. The number of benzene rings is 1. The summed E-state index contributed by atoms with van der Waals surface area (Å²) in [5.74, 6) is 2.16. The largest absolute Gasteiger partial charge is 0.394 e. The summed E-state index contributed by atoms with van der Waals surface area (Å²) in [4.78, 5) is 11.8. The Balaban J connectivity index is 1.89. The van der Waals surface area contributed by atoms with Crippen LogP contribution in [0.25, 0.3) is 0 Å². The zero-order chi connectivity index (χ0) is 19.6. The van der Waals surface area contributed by atoms with Gasteiger partial charge in [0.25, 0.3) is 0 Å². The molecule has 0 fully saturated rings. The highest BCUT2D eigenvalue weighted by molar-refractivity contribution is 9.10. The van der Waals surface area contributed by atoms with E-state index in [4.69, 9.17) is 4.98 Å². The van der Waals surface area contributed by atoms with Crippen LogP contribution in [0.4, 0.5) is 11.8 Å². The van der Waals surface area contributed by atoms with Crippen LogP contribution >= 0.6 is 15.9 Å². The number of aromatic nitrogens is 2.